The Kier molecular flexibility index (Phi) is 4.97. The number of carbonyl (C=O) groups excluding carboxylic acids is 1. The van der Waals surface area contributed by atoms with E-state index in [-0.39, 0.29) is 5.91 Å². The van der Waals surface area contributed by atoms with E-state index in [2.05, 4.69) is 9.97 Å². The standard InChI is InChI=1S/C25H22ClFN4O/c1-15-19(26)9-10-21-22(15)30-24(29-21)25(2)11-5-13-31(25)23(32)18-14-16(27)7-8-17(18)20-6-3-4-12-28-20/h3-4,6-10,12,14H,5,11,13H2,1-2H3,(H,29,30). The predicted octanol–water partition coefficient (Wildman–Crippen LogP) is 5.88. The number of rotatable bonds is 3. The molecule has 162 valence electrons. The van der Waals surface area contributed by atoms with Gasteiger partial charge >= 0.3 is 0 Å². The van der Waals surface area contributed by atoms with Gasteiger partial charge in [-0.15, -0.1) is 0 Å². The maximum Gasteiger partial charge on any atom is 0.255 e. The summed E-state index contributed by atoms with van der Waals surface area (Å²) in [6.45, 7) is 4.50. The largest absolute Gasteiger partial charge is 0.340 e. The van der Waals surface area contributed by atoms with E-state index in [1.807, 2.05) is 44.2 Å². The molecule has 5 rings (SSSR count). The maximum atomic E-state index is 14.2. The van der Waals surface area contributed by atoms with E-state index in [0.717, 1.165) is 29.4 Å². The van der Waals surface area contributed by atoms with Crippen molar-refractivity contribution < 1.29 is 9.18 Å². The average Bonchev–Trinajstić information content (AvgIpc) is 3.42. The molecule has 0 saturated carbocycles. The van der Waals surface area contributed by atoms with E-state index in [1.54, 1.807) is 17.2 Å². The fourth-order valence-corrected chi connectivity index (χ4v) is 4.71. The number of aryl methyl sites for hydroxylation is 1. The molecule has 5 nitrogen and oxygen atoms in total. The number of likely N-dealkylation sites (tertiary alicyclic amines) is 1. The third kappa shape index (κ3) is 3.26. The number of hydrogen-bond donors (Lipinski definition) is 1. The van der Waals surface area contributed by atoms with Crippen molar-refractivity contribution in [3.8, 4) is 11.3 Å². The molecule has 32 heavy (non-hydrogen) atoms. The van der Waals surface area contributed by atoms with Crippen molar-refractivity contribution in [3.63, 3.8) is 0 Å². The van der Waals surface area contributed by atoms with Gasteiger partial charge in [-0.25, -0.2) is 9.37 Å². The second kappa shape index (κ2) is 7.71. The Labute approximate surface area is 190 Å². The van der Waals surface area contributed by atoms with Crippen LogP contribution in [0.4, 0.5) is 4.39 Å². The van der Waals surface area contributed by atoms with Gasteiger partial charge in [0.05, 0.1) is 27.8 Å². The number of pyridine rings is 1. The second-order valence-corrected chi connectivity index (χ2v) is 8.80. The first-order chi connectivity index (χ1) is 15.4. The van der Waals surface area contributed by atoms with Gasteiger partial charge in [0.25, 0.3) is 5.91 Å². The van der Waals surface area contributed by atoms with E-state index in [1.165, 1.54) is 12.1 Å². The third-order valence-electron chi connectivity index (χ3n) is 6.39. The summed E-state index contributed by atoms with van der Waals surface area (Å²) in [6.07, 6.45) is 3.24. The number of aromatic nitrogens is 3. The molecule has 1 fully saturated rings. The quantitative estimate of drug-likeness (QED) is 0.426. The zero-order valence-corrected chi connectivity index (χ0v) is 18.6. The summed E-state index contributed by atoms with van der Waals surface area (Å²) in [5, 5.41) is 0.653. The minimum absolute atomic E-state index is 0.236. The third-order valence-corrected chi connectivity index (χ3v) is 6.80. The molecule has 3 heterocycles. The summed E-state index contributed by atoms with van der Waals surface area (Å²) in [6, 6.07) is 13.5. The Morgan fingerprint density at radius 1 is 1.22 bits per heavy atom. The van der Waals surface area contributed by atoms with E-state index in [4.69, 9.17) is 16.6 Å². The van der Waals surface area contributed by atoms with Crippen LogP contribution in [0.3, 0.4) is 0 Å². The van der Waals surface area contributed by atoms with Gasteiger partial charge in [0.1, 0.15) is 11.6 Å². The van der Waals surface area contributed by atoms with Crippen LogP contribution in [0.5, 0.6) is 0 Å². The van der Waals surface area contributed by atoms with Crippen LogP contribution < -0.4 is 0 Å². The second-order valence-electron chi connectivity index (χ2n) is 8.39. The minimum Gasteiger partial charge on any atom is -0.340 e. The number of H-pyrrole nitrogens is 1. The number of nitrogens with one attached hydrogen (secondary N) is 1. The fraction of sp³-hybridized carbons (Fsp3) is 0.240. The van der Waals surface area contributed by atoms with Crippen LogP contribution in [0.2, 0.25) is 5.02 Å². The summed E-state index contributed by atoms with van der Waals surface area (Å²) in [4.78, 5) is 28.2. The Morgan fingerprint density at radius 3 is 2.84 bits per heavy atom. The van der Waals surface area contributed by atoms with Gasteiger partial charge in [-0.1, -0.05) is 17.7 Å². The number of hydrogen-bond acceptors (Lipinski definition) is 3. The smallest absolute Gasteiger partial charge is 0.255 e. The Bertz CT molecular complexity index is 1340. The van der Waals surface area contributed by atoms with Gasteiger partial charge < -0.3 is 9.88 Å². The van der Waals surface area contributed by atoms with Gasteiger partial charge in [-0.3, -0.25) is 9.78 Å². The molecule has 2 aromatic heterocycles. The number of imidazole rings is 1. The van der Waals surface area contributed by atoms with Crippen molar-refractivity contribution in [3.05, 3.63) is 82.5 Å². The summed E-state index contributed by atoms with van der Waals surface area (Å²) in [5.41, 5.74) is 3.46. The summed E-state index contributed by atoms with van der Waals surface area (Å²) >= 11 is 6.28. The van der Waals surface area contributed by atoms with E-state index < -0.39 is 11.4 Å². The molecule has 7 heteroatoms. The first kappa shape index (κ1) is 20.6. The van der Waals surface area contributed by atoms with Crippen molar-refractivity contribution in [1.29, 1.82) is 0 Å². The monoisotopic (exact) mass is 448 g/mol. The summed E-state index contributed by atoms with van der Waals surface area (Å²) in [7, 11) is 0. The molecule has 0 radical (unpaired) electrons. The molecule has 1 atom stereocenters. The summed E-state index contributed by atoms with van der Waals surface area (Å²) in [5.74, 6) is 0.0165. The Balaban J connectivity index is 1.59. The lowest BCUT2D eigenvalue weighted by molar-refractivity contribution is 0.0606. The molecular weight excluding hydrogens is 427 g/mol. The van der Waals surface area contributed by atoms with Gasteiger partial charge in [-0.05, 0) is 74.7 Å². The number of halogens is 2. The lowest BCUT2D eigenvalue weighted by Crippen LogP contribution is -2.43. The topological polar surface area (TPSA) is 61.9 Å². The SMILES string of the molecule is Cc1c(Cl)ccc2[nH]c(C3(C)CCCN3C(=O)c3cc(F)ccc3-c3ccccn3)nc12. The molecule has 1 unspecified atom stereocenters. The maximum absolute atomic E-state index is 14.2. The lowest BCUT2D eigenvalue weighted by atomic mass is 9.95. The van der Waals surface area contributed by atoms with E-state index in [9.17, 15) is 9.18 Å². The molecule has 1 amide bonds. The van der Waals surface area contributed by atoms with Gasteiger partial charge in [0, 0.05) is 23.3 Å². The fourth-order valence-electron chi connectivity index (χ4n) is 4.56. The van der Waals surface area contributed by atoms with Gasteiger partial charge in [0.15, 0.2) is 0 Å². The number of amides is 1. The number of fused-ring (bicyclic) bond motifs is 1. The van der Waals surface area contributed by atoms with E-state index >= 15 is 0 Å². The molecule has 1 saturated heterocycles. The molecule has 1 N–H and O–H groups in total. The minimum atomic E-state index is -0.650. The predicted molar refractivity (Wildman–Crippen MR) is 123 cm³/mol. The van der Waals surface area contributed by atoms with Crippen LogP contribution in [0, 0.1) is 12.7 Å². The Hall–Kier alpha value is -3.25. The van der Waals surface area contributed by atoms with Crippen molar-refractivity contribution in [1.82, 2.24) is 19.9 Å². The van der Waals surface area contributed by atoms with Crippen molar-refractivity contribution in [2.45, 2.75) is 32.2 Å². The first-order valence-electron chi connectivity index (χ1n) is 10.6. The molecular formula is C25H22ClFN4O. The molecule has 1 aliphatic heterocycles. The lowest BCUT2D eigenvalue weighted by Gasteiger charge is -2.34. The molecule has 4 aromatic rings. The van der Waals surface area contributed by atoms with E-state index in [0.29, 0.717) is 34.2 Å². The van der Waals surface area contributed by atoms with Crippen LogP contribution in [-0.2, 0) is 5.54 Å². The number of benzene rings is 2. The van der Waals surface area contributed by atoms with Crippen LogP contribution in [0.1, 0.15) is 41.5 Å². The highest BCUT2D eigenvalue weighted by Crippen LogP contribution is 2.40. The van der Waals surface area contributed by atoms with Crippen molar-refractivity contribution in [2.75, 3.05) is 6.54 Å². The van der Waals surface area contributed by atoms with Gasteiger partial charge in [-0.2, -0.15) is 0 Å². The average molecular weight is 449 g/mol. The highest BCUT2D eigenvalue weighted by Gasteiger charge is 2.44. The number of carbonyl (C=O) groups is 1. The van der Waals surface area contributed by atoms with Crippen LogP contribution in [0.25, 0.3) is 22.3 Å². The first-order valence-corrected chi connectivity index (χ1v) is 10.9. The normalized spacial score (nSPS) is 18.4. The van der Waals surface area contributed by atoms with Crippen molar-refractivity contribution in [2.24, 2.45) is 0 Å². The molecule has 2 aromatic carbocycles. The molecule has 0 bridgehead atoms. The number of aromatic amines is 1. The Morgan fingerprint density at radius 2 is 2.06 bits per heavy atom. The molecule has 0 spiro atoms. The van der Waals surface area contributed by atoms with Crippen molar-refractivity contribution >= 4 is 28.5 Å². The van der Waals surface area contributed by atoms with Crippen LogP contribution in [-0.4, -0.2) is 32.3 Å². The van der Waals surface area contributed by atoms with Crippen LogP contribution in [0.15, 0.2) is 54.7 Å². The zero-order valence-electron chi connectivity index (χ0n) is 17.8. The summed E-state index contributed by atoms with van der Waals surface area (Å²) < 4.78 is 14.2. The van der Waals surface area contributed by atoms with Crippen LogP contribution >= 0.6 is 11.6 Å². The highest BCUT2D eigenvalue weighted by molar-refractivity contribution is 6.32. The zero-order chi connectivity index (χ0) is 22.5. The van der Waals surface area contributed by atoms with Gasteiger partial charge in [0.2, 0.25) is 0 Å². The molecule has 1 aliphatic rings. The molecule has 0 aliphatic carbocycles. The number of nitrogens with zero attached hydrogens (tertiary/aromatic N) is 3. The highest BCUT2D eigenvalue weighted by atomic mass is 35.5.